The monoisotopic (exact) mass is 451 g/mol. The number of aryl methyl sites for hydroxylation is 1. The maximum atomic E-state index is 10.7. The van der Waals surface area contributed by atoms with E-state index in [1.54, 1.807) is 6.20 Å². The van der Waals surface area contributed by atoms with Crippen LogP contribution in [0, 0.1) is 5.92 Å². The molecule has 7 nitrogen and oxygen atoms in total. The van der Waals surface area contributed by atoms with E-state index >= 15 is 0 Å². The zero-order valence-electron chi connectivity index (χ0n) is 18.7. The molecule has 0 radical (unpaired) electrons. The molecule has 2 atom stereocenters. The fourth-order valence-electron chi connectivity index (χ4n) is 3.20. The summed E-state index contributed by atoms with van der Waals surface area (Å²) in [6.07, 6.45) is 4.27. The van der Waals surface area contributed by atoms with Crippen LogP contribution in [0.2, 0.25) is 0 Å². The van der Waals surface area contributed by atoms with E-state index in [1.807, 2.05) is 48.7 Å². The van der Waals surface area contributed by atoms with Gasteiger partial charge in [0, 0.05) is 12.4 Å². The number of nitrogens with zero attached hydrogens (tertiary/aromatic N) is 1. The molecule has 0 spiro atoms. The molecule has 0 aliphatic heterocycles. The molecule has 33 heavy (non-hydrogen) atoms. The standard InChI is InChI=1S/C24H27NO2.C2H2O4/c1-18(2)24(23(26)15-10-19-7-6-16-25-17-19)27-22-13-11-21(12-14-22)20-8-4-3-5-9-20;3-1(4)2(5)6/h3-9,11-14,16-18,23-24,26H,10,15H2,1-2H3;(H,3,4)(H,5,6)/t23-,24+;/m1./s1. The molecular weight excluding hydrogens is 422 g/mol. The van der Waals surface area contributed by atoms with Crippen LogP contribution in [0.5, 0.6) is 5.75 Å². The molecule has 0 saturated heterocycles. The van der Waals surface area contributed by atoms with Gasteiger partial charge in [0.25, 0.3) is 0 Å². The van der Waals surface area contributed by atoms with Crippen LogP contribution in [0.4, 0.5) is 0 Å². The number of ether oxygens (including phenoxy) is 1. The molecule has 3 aromatic rings. The summed E-state index contributed by atoms with van der Waals surface area (Å²) in [6, 6.07) is 22.3. The third kappa shape index (κ3) is 8.74. The summed E-state index contributed by atoms with van der Waals surface area (Å²) in [5, 5.41) is 25.5. The van der Waals surface area contributed by atoms with Crippen molar-refractivity contribution in [2.75, 3.05) is 0 Å². The molecule has 0 aliphatic carbocycles. The first-order chi connectivity index (χ1) is 15.8. The molecule has 0 bridgehead atoms. The van der Waals surface area contributed by atoms with Crippen LogP contribution in [-0.2, 0) is 16.0 Å². The zero-order valence-corrected chi connectivity index (χ0v) is 18.7. The van der Waals surface area contributed by atoms with Crippen molar-refractivity contribution in [2.45, 2.75) is 38.9 Å². The van der Waals surface area contributed by atoms with Gasteiger partial charge < -0.3 is 20.1 Å². The predicted octanol–water partition coefficient (Wildman–Crippen LogP) is 4.30. The average Bonchev–Trinajstić information content (AvgIpc) is 2.83. The molecule has 174 valence electrons. The minimum Gasteiger partial charge on any atom is -0.487 e. The number of hydrogen-bond donors (Lipinski definition) is 3. The van der Waals surface area contributed by atoms with Gasteiger partial charge in [-0.25, -0.2) is 9.59 Å². The Balaban J connectivity index is 0.000000569. The van der Waals surface area contributed by atoms with Crippen molar-refractivity contribution < 1.29 is 29.6 Å². The molecular formula is C26H29NO6. The Bertz CT molecular complexity index is 978. The molecule has 0 amide bonds. The topological polar surface area (TPSA) is 117 Å². The van der Waals surface area contributed by atoms with Crippen LogP contribution in [0.25, 0.3) is 11.1 Å². The molecule has 3 N–H and O–H groups in total. The van der Waals surface area contributed by atoms with E-state index in [0.29, 0.717) is 6.42 Å². The van der Waals surface area contributed by atoms with Crippen molar-refractivity contribution in [3.8, 4) is 16.9 Å². The number of aliphatic hydroxyl groups is 1. The van der Waals surface area contributed by atoms with Crippen molar-refractivity contribution in [2.24, 2.45) is 5.92 Å². The number of carboxylic acids is 2. The second-order valence-corrected chi connectivity index (χ2v) is 7.79. The van der Waals surface area contributed by atoms with Gasteiger partial charge in [0.15, 0.2) is 0 Å². The molecule has 0 fully saturated rings. The van der Waals surface area contributed by atoms with E-state index in [9.17, 15) is 5.11 Å². The lowest BCUT2D eigenvalue weighted by molar-refractivity contribution is -0.159. The van der Waals surface area contributed by atoms with Gasteiger partial charge in [-0.05, 0) is 53.6 Å². The van der Waals surface area contributed by atoms with Crippen molar-refractivity contribution >= 4 is 11.9 Å². The number of pyridine rings is 1. The highest BCUT2D eigenvalue weighted by molar-refractivity contribution is 6.27. The van der Waals surface area contributed by atoms with Crippen molar-refractivity contribution in [3.63, 3.8) is 0 Å². The number of benzene rings is 2. The van der Waals surface area contributed by atoms with Gasteiger partial charge >= 0.3 is 11.9 Å². The van der Waals surface area contributed by atoms with E-state index in [4.69, 9.17) is 24.5 Å². The zero-order chi connectivity index (χ0) is 24.2. The first kappa shape index (κ1) is 25.5. The molecule has 7 heteroatoms. The number of hydrogen-bond acceptors (Lipinski definition) is 5. The SMILES string of the molecule is CC(C)[C@H](Oc1ccc(-c2ccccc2)cc1)[C@H](O)CCc1cccnc1.O=C(O)C(=O)O. The van der Waals surface area contributed by atoms with Gasteiger partial charge in [-0.3, -0.25) is 4.98 Å². The van der Waals surface area contributed by atoms with E-state index in [-0.39, 0.29) is 12.0 Å². The van der Waals surface area contributed by atoms with Crippen LogP contribution >= 0.6 is 0 Å². The Kier molecular flexibility index (Phi) is 10.0. The highest BCUT2D eigenvalue weighted by Crippen LogP contribution is 2.25. The Labute approximate surface area is 193 Å². The molecule has 1 heterocycles. The van der Waals surface area contributed by atoms with Crippen LogP contribution < -0.4 is 4.74 Å². The van der Waals surface area contributed by atoms with E-state index < -0.39 is 18.0 Å². The third-order valence-electron chi connectivity index (χ3n) is 4.90. The lowest BCUT2D eigenvalue weighted by Crippen LogP contribution is -2.36. The van der Waals surface area contributed by atoms with Crippen molar-refractivity contribution in [3.05, 3.63) is 84.7 Å². The lowest BCUT2D eigenvalue weighted by atomic mass is 9.96. The molecule has 3 rings (SSSR count). The second-order valence-electron chi connectivity index (χ2n) is 7.79. The Morgan fingerprint density at radius 2 is 1.48 bits per heavy atom. The third-order valence-corrected chi connectivity index (χ3v) is 4.90. The van der Waals surface area contributed by atoms with Crippen molar-refractivity contribution in [1.29, 1.82) is 0 Å². The maximum Gasteiger partial charge on any atom is 0.414 e. The first-order valence-corrected chi connectivity index (χ1v) is 10.6. The maximum absolute atomic E-state index is 10.7. The van der Waals surface area contributed by atoms with Crippen LogP contribution in [0.3, 0.4) is 0 Å². The Hall–Kier alpha value is -3.71. The number of carboxylic acid groups (broad SMARTS) is 2. The quantitative estimate of drug-likeness (QED) is 0.437. The summed E-state index contributed by atoms with van der Waals surface area (Å²) in [4.78, 5) is 22.3. The highest BCUT2D eigenvalue weighted by Gasteiger charge is 2.24. The van der Waals surface area contributed by atoms with Crippen molar-refractivity contribution in [1.82, 2.24) is 4.98 Å². The highest BCUT2D eigenvalue weighted by atomic mass is 16.5. The molecule has 2 aromatic carbocycles. The molecule has 0 aliphatic rings. The predicted molar refractivity (Wildman–Crippen MR) is 125 cm³/mol. The normalized spacial score (nSPS) is 12.2. The summed E-state index contributed by atoms with van der Waals surface area (Å²) < 4.78 is 6.15. The van der Waals surface area contributed by atoms with Gasteiger partial charge in [0.2, 0.25) is 0 Å². The van der Waals surface area contributed by atoms with Gasteiger partial charge in [-0.15, -0.1) is 0 Å². The molecule has 0 saturated carbocycles. The first-order valence-electron chi connectivity index (χ1n) is 10.6. The summed E-state index contributed by atoms with van der Waals surface area (Å²) >= 11 is 0. The summed E-state index contributed by atoms with van der Waals surface area (Å²) in [6.45, 7) is 4.16. The minimum absolute atomic E-state index is 0.211. The lowest BCUT2D eigenvalue weighted by Gasteiger charge is -2.27. The largest absolute Gasteiger partial charge is 0.487 e. The fraction of sp³-hybridized carbons (Fsp3) is 0.269. The summed E-state index contributed by atoms with van der Waals surface area (Å²) in [7, 11) is 0. The number of rotatable bonds is 8. The number of aliphatic hydroxyl groups excluding tert-OH is 1. The number of aliphatic carboxylic acids is 2. The van der Waals surface area contributed by atoms with Gasteiger partial charge in [-0.2, -0.15) is 0 Å². The number of carbonyl (C=O) groups is 2. The van der Waals surface area contributed by atoms with Crippen LogP contribution in [0.1, 0.15) is 25.8 Å². The minimum atomic E-state index is -1.82. The number of aromatic nitrogens is 1. The van der Waals surface area contributed by atoms with Gasteiger partial charge in [0.1, 0.15) is 11.9 Å². The van der Waals surface area contributed by atoms with Gasteiger partial charge in [0.05, 0.1) is 6.10 Å². The average molecular weight is 452 g/mol. The Morgan fingerprint density at radius 3 is 2.00 bits per heavy atom. The molecule has 1 aromatic heterocycles. The van der Waals surface area contributed by atoms with Crippen LogP contribution in [-0.4, -0.2) is 44.5 Å². The smallest absolute Gasteiger partial charge is 0.414 e. The van der Waals surface area contributed by atoms with E-state index in [2.05, 4.69) is 43.1 Å². The summed E-state index contributed by atoms with van der Waals surface area (Å²) in [5.74, 6) is -2.65. The Morgan fingerprint density at radius 1 is 0.879 bits per heavy atom. The van der Waals surface area contributed by atoms with Gasteiger partial charge in [-0.1, -0.05) is 62.4 Å². The summed E-state index contributed by atoms with van der Waals surface area (Å²) in [5.41, 5.74) is 3.47. The fourth-order valence-corrected chi connectivity index (χ4v) is 3.20. The van der Waals surface area contributed by atoms with Crippen LogP contribution in [0.15, 0.2) is 79.1 Å². The second kappa shape index (κ2) is 13.0. The van der Waals surface area contributed by atoms with E-state index in [1.165, 1.54) is 5.56 Å². The molecule has 0 unspecified atom stereocenters. The van der Waals surface area contributed by atoms with E-state index in [0.717, 1.165) is 23.3 Å².